The van der Waals surface area contributed by atoms with Crippen LogP contribution in [0.1, 0.15) is 5.56 Å². The fourth-order valence-corrected chi connectivity index (χ4v) is 3.05. The van der Waals surface area contributed by atoms with Gasteiger partial charge in [-0.3, -0.25) is 0 Å². The molecule has 0 aliphatic heterocycles. The minimum absolute atomic E-state index is 0.0174. The number of aromatic nitrogens is 7. The topological polar surface area (TPSA) is 138 Å². The van der Waals surface area contributed by atoms with Crippen molar-refractivity contribution >= 4 is 17.0 Å². The van der Waals surface area contributed by atoms with Gasteiger partial charge in [0, 0.05) is 17.3 Å². The predicted octanol–water partition coefficient (Wildman–Crippen LogP) is 2.81. The predicted molar refractivity (Wildman–Crippen MR) is 112 cm³/mol. The van der Waals surface area contributed by atoms with Crippen molar-refractivity contribution in [2.75, 3.05) is 5.73 Å². The molecule has 5 rings (SSSR count). The van der Waals surface area contributed by atoms with Gasteiger partial charge in [-0.15, -0.1) is 5.10 Å². The molecular formula is C21H16N8O2. The molecule has 0 fully saturated rings. The van der Waals surface area contributed by atoms with Crippen molar-refractivity contribution in [1.29, 1.82) is 0 Å². The molecule has 0 saturated carbocycles. The van der Waals surface area contributed by atoms with Gasteiger partial charge in [-0.2, -0.15) is 4.98 Å². The highest BCUT2D eigenvalue weighted by atomic mass is 16.5. The van der Waals surface area contributed by atoms with Crippen molar-refractivity contribution in [3.05, 3.63) is 72.7 Å². The highest BCUT2D eigenvalue weighted by Crippen LogP contribution is 2.23. The van der Waals surface area contributed by atoms with Crippen LogP contribution in [0.3, 0.4) is 0 Å². The Morgan fingerprint density at radius 3 is 2.65 bits per heavy atom. The third kappa shape index (κ3) is 3.94. The van der Waals surface area contributed by atoms with Gasteiger partial charge >= 0.3 is 0 Å². The van der Waals surface area contributed by atoms with Crippen molar-refractivity contribution in [1.82, 2.24) is 34.9 Å². The van der Waals surface area contributed by atoms with E-state index < -0.39 is 0 Å². The highest BCUT2D eigenvalue weighted by molar-refractivity contribution is 5.65. The number of ether oxygens (including phenoxy) is 1. The van der Waals surface area contributed by atoms with E-state index >= 15 is 0 Å². The van der Waals surface area contributed by atoms with Crippen LogP contribution in [0.2, 0.25) is 0 Å². The van der Waals surface area contributed by atoms with Gasteiger partial charge in [0.15, 0.2) is 11.6 Å². The summed E-state index contributed by atoms with van der Waals surface area (Å²) < 4.78 is 7.41. The molecule has 0 amide bonds. The highest BCUT2D eigenvalue weighted by Gasteiger charge is 2.11. The first-order valence-corrected chi connectivity index (χ1v) is 9.34. The summed E-state index contributed by atoms with van der Waals surface area (Å²) in [5.41, 5.74) is 9.06. The molecule has 0 atom stereocenters. The van der Waals surface area contributed by atoms with Gasteiger partial charge in [0.25, 0.3) is 0 Å². The second-order valence-corrected chi connectivity index (χ2v) is 6.74. The summed E-state index contributed by atoms with van der Waals surface area (Å²) in [7, 11) is 0. The summed E-state index contributed by atoms with van der Waals surface area (Å²) in [5, 5.41) is 17.6. The minimum Gasteiger partial charge on any atom is -0.505 e. The number of benzene rings is 2. The van der Waals surface area contributed by atoms with Crippen LogP contribution in [0.5, 0.6) is 17.4 Å². The maximum Gasteiger partial charge on any atom is 0.240 e. The molecule has 3 N–H and O–H groups in total. The average molecular weight is 412 g/mol. The Labute approximate surface area is 176 Å². The second-order valence-electron chi connectivity index (χ2n) is 6.74. The van der Waals surface area contributed by atoms with Crippen LogP contribution in [-0.2, 0) is 6.54 Å². The number of rotatable bonds is 5. The zero-order valence-electron chi connectivity index (χ0n) is 16.1. The van der Waals surface area contributed by atoms with Gasteiger partial charge in [-0.05, 0) is 23.8 Å². The van der Waals surface area contributed by atoms with E-state index in [2.05, 4.69) is 30.2 Å². The maximum atomic E-state index is 9.39. The molecular weight excluding hydrogens is 396 g/mol. The molecule has 152 valence electrons. The van der Waals surface area contributed by atoms with Crippen molar-refractivity contribution in [3.63, 3.8) is 0 Å². The SMILES string of the molecule is Nc1cccc(Oc2cnc3nnn(Cc4cccc(-c5ncc(O)cn5)c4)c3n2)c1. The van der Waals surface area contributed by atoms with Crippen molar-refractivity contribution in [2.24, 2.45) is 0 Å². The molecule has 0 unspecified atom stereocenters. The number of nitrogens with two attached hydrogens (primary N) is 1. The van der Waals surface area contributed by atoms with Crippen LogP contribution in [0, 0.1) is 0 Å². The Kier molecular flexibility index (Phi) is 4.56. The number of hydrogen-bond donors (Lipinski definition) is 2. The van der Waals surface area contributed by atoms with Gasteiger partial charge in [0.05, 0.1) is 25.1 Å². The molecule has 0 aliphatic carbocycles. The smallest absolute Gasteiger partial charge is 0.240 e. The number of aromatic hydroxyl groups is 1. The number of anilines is 1. The first-order chi connectivity index (χ1) is 15.1. The van der Waals surface area contributed by atoms with E-state index in [1.54, 1.807) is 28.9 Å². The van der Waals surface area contributed by atoms with Crippen molar-refractivity contribution in [2.45, 2.75) is 6.54 Å². The number of hydrogen-bond acceptors (Lipinski definition) is 9. The van der Waals surface area contributed by atoms with Crippen LogP contribution in [0.15, 0.2) is 67.1 Å². The summed E-state index contributed by atoms with van der Waals surface area (Å²) in [6.07, 6.45) is 4.21. The van der Waals surface area contributed by atoms with Crippen molar-refractivity contribution in [3.8, 4) is 28.8 Å². The Bertz CT molecular complexity index is 1370. The Balaban J connectivity index is 1.43. The zero-order valence-corrected chi connectivity index (χ0v) is 16.1. The third-order valence-corrected chi connectivity index (χ3v) is 4.44. The molecule has 10 heteroatoms. The van der Waals surface area contributed by atoms with Crippen LogP contribution in [0.4, 0.5) is 5.69 Å². The Morgan fingerprint density at radius 1 is 0.968 bits per heavy atom. The summed E-state index contributed by atoms with van der Waals surface area (Å²) >= 11 is 0. The van der Waals surface area contributed by atoms with Crippen LogP contribution < -0.4 is 10.5 Å². The molecule has 3 aromatic heterocycles. The van der Waals surface area contributed by atoms with Crippen LogP contribution >= 0.6 is 0 Å². The van der Waals surface area contributed by atoms with Gasteiger partial charge in [-0.1, -0.05) is 29.5 Å². The lowest BCUT2D eigenvalue weighted by molar-refractivity contribution is 0.461. The van der Waals surface area contributed by atoms with Crippen LogP contribution in [0.25, 0.3) is 22.7 Å². The molecule has 0 spiro atoms. The van der Waals surface area contributed by atoms with E-state index in [9.17, 15) is 5.11 Å². The molecule has 31 heavy (non-hydrogen) atoms. The largest absolute Gasteiger partial charge is 0.505 e. The lowest BCUT2D eigenvalue weighted by atomic mass is 10.1. The standard InChI is InChI=1S/C21H16N8O2/c22-15-5-2-6-17(8-15)31-18-11-25-20-21(26-18)29(28-27-20)12-13-3-1-4-14(7-13)19-23-9-16(30)10-24-19/h1-11,30H,12,22H2. The van der Waals surface area contributed by atoms with E-state index in [0.29, 0.717) is 41.0 Å². The fourth-order valence-electron chi connectivity index (χ4n) is 3.05. The summed E-state index contributed by atoms with van der Waals surface area (Å²) in [5.74, 6) is 1.41. The van der Waals surface area contributed by atoms with E-state index in [0.717, 1.165) is 11.1 Å². The molecule has 3 heterocycles. The summed E-state index contributed by atoms with van der Waals surface area (Å²) in [4.78, 5) is 17.1. The lowest BCUT2D eigenvalue weighted by Gasteiger charge is -2.07. The monoisotopic (exact) mass is 412 g/mol. The maximum absolute atomic E-state index is 9.39. The average Bonchev–Trinajstić information content (AvgIpc) is 3.16. The lowest BCUT2D eigenvalue weighted by Crippen LogP contribution is -2.04. The van der Waals surface area contributed by atoms with E-state index in [1.165, 1.54) is 18.6 Å². The number of fused-ring (bicyclic) bond motifs is 1. The van der Waals surface area contributed by atoms with Gasteiger partial charge in [-0.25, -0.2) is 19.6 Å². The van der Waals surface area contributed by atoms with E-state index in [4.69, 9.17) is 10.5 Å². The van der Waals surface area contributed by atoms with Crippen LogP contribution in [-0.4, -0.2) is 40.0 Å². The normalized spacial score (nSPS) is 11.0. The second kappa shape index (κ2) is 7.67. The van der Waals surface area contributed by atoms with Gasteiger partial charge in [0.1, 0.15) is 5.75 Å². The van der Waals surface area contributed by atoms with Gasteiger partial charge < -0.3 is 15.6 Å². The molecule has 0 bridgehead atoms. The number of nitrogen functional groups attached to an aromatic ring is 1. The molecule has 2 aromatic carbocycles. The molecule has 10 nitrogen and oxygen atoms in total. The molecule has 0 aliphatic rings. The minimum atomic E-state index is 0.0174. The van der Waals surface area contributed by atoms with Gasteiger partial charge in [0.2, 0.25) is 17.2 Å². The summed E-state index contributed by atoms with van der Waals surface area (Å²) in [6.45, 7) is 0.416. The number of nitrogens with zero attached hydrogens (tertiary/aromatic N) is 7. The summed E-state index contributed by atoms with van der Waals surface area (Å²) in [6, 6.07) is 14.8. The third-order valence-electron chi connectivity index (χ3n) is 4.44. The first kappa shape index (κ1) is 18.4. The van der Waals surface area contributed by atoms with Crippen molar-refractivity contribution < 1.29 is 9.84 Å². The fraction of sp³-hybridized carbons (Fsp3) is 0.0476. The molecule has 0 radical (unpaired) electrons. The Morgan fingerprint density at radius 2 is 1.81 bits per heavy atom. The first-order valence-electron chi connectivity index (χ1n) is 9.34. The van der Waals surface area contributed by atoms with E-state index in [-0.39, 0.29) is 5.75 Å². The quantitative estimate of drug-likeness (QED) is 0.417. The molecule has 0 saturated heterocycles. The molecule has 5 aromatic rings. The van der Waals surface area contributed by atoms with E-state index in [1.807, 2.05) is 24.3 Å². The Hall–Kier alpha value is -4.60. The zero-order chi connectivity index (χ0) is 21.2.